The third kappa shape index (κ3) is 136. The molecule has 0 bridgehead atoms. The molecule has 0 spiro atoms. The number of ether oxygens (including phenoxy) is 1. The number of methoxy groups -OCH3 is 1. The minimum Gasteiger partial charge on any atom is -0.870 e. The van der Waals surface area contributed by atoms with E-state index in [0.717, 1.165) is 7.11 Å². The Bertz CT molecular complexity index is 118. The molecule has 0 aliphatic carbocycles. The third-order valence-electron chi connectivity index (χ3n) is 0.305. The van der Waals surface area contributed by atoms with Gasteiger partial charge in [0, 0.05) is 14.2 Å². The maximum Gasteiger partial charge on any atom is 1.00 e. The average Bonchev–Trinajstić information content (AvgIpc) is 2.10. The van der Waals surface area contributed by atoms with Crippen LogP contribution in [0.15, 0.2) is 0 Å². The molecule has 0 aromatic heterocycles. The van der Waals surface area contributed by atoms with Crippen LogP contribution in [0.2, 0.25) is 0 Å². The topological polar surface area (TPSA) is 59.5 Å². The van der Waals surface area contributed by atoms with Crippen molar-refractivity contribution < 1.29 is 44.9 Å². The number of alkyl halides is 1. The second-order valence-electron chi connectivity index (χ2n) is 0.975. The molecule has 80 valence electrons. The zero-order valence-corrected chi connectivity index (χ0v) is 11.8. The quantitative estimate of drug-likeness (QED) is 0.355. The minimum absolute atomic E-state index is 0. The predicted molar refractivity (Wildman–Crippen MR) is 60.1 cm³/mol. The van der Waals surface area contributed by atoms with Crippen LogP contribution in [0.4, 0.5) is 0 Å². The van der Waals surface area contributed by atoms with Gasteiger partial charge in [-0.05, 0) is 0 Å². The number of halogens is 1. The Labute approximate surface area is 118 Å². The fourth-order valence-corrected chi connectivity index (χ4v) is 0.0833. The van der Waals surface area contributed by atoms with E-state index in [9.17, 15) is 0 Å². The standard InChI is InChI=1S/C4H6O.C3H3Br.CH4O.CH4.Na.H2O/c1-3-4-5-2;1-2-3-4;1-2;;;/h1H,4H2,2H3;1H,3H2;2H,1H3;1H4;;1H2/q;;;;+1;/p-1. The number of hydrogen-bond acceptors (Lipinski definition) is 3. The van der Waals surface area contributed by atoms with Gasteiger partial charge in [-0.3, -0.25) is 0 Å². The molecule has 5 heteroatoms. The second kappa shape index (κ2) is 69.9. The molecule has 0 aromatic carbocycles. The van der Waals surface area contributed by atoms with E-state index in [-0.39, 0.29) is 42.5 Å². The summed E-state index contributed by atoms with van der Waals surface area (Å²) in [7, 11) is 2.57. The number of aliphatic hydroxyl groups is 1. The normalized spacial score (nSPS) is 4.14. The zero-order valence-electron chi connectivity index (χ0n) is 8.25. The second-order valence-corrected chi connectivity index (χ2v) is 1.54. The van der Waals surface area contributed by atoms with E-state index in [1.54, 1.807) is 7.11 Å². The number of rotatable bonds is 1. The predicted octanol–water partition coefficient (Wildman–Crippen LogP) is -1.65. The number of aliphatic hydroxyl groups excluding tert-OH is 1. The van der Waals surface area contributed by atoms with E-state index in [4.69, 9.17) is 18.0 Å². The van der Waals surface area contributed by atoms with E-state index in [0.29, 0.717) is 11.9 Å². The Hall–Kier alpha value is 0.480. The molecule has 0 rings (SSSR count). The molecule has 0 fully saturated rings. The molecule has 0 radical (unpaired) electrons. The van der Waals surface area contributed by atoms with Gasteiger partial charge >= 0.3 is 29.6 Å². The summed E-state index contributed by atoms with van der Waals surface area (Å²) >= 11 is 3.01. The van der Waals surface area contributed by atoms with Gasteiger partial charge in [0.25, 0.3) is 0 Å². The van der Waals surface area contributed by atoms with Crippen molar-refractivity contribution >= 4 is 15.9 Å². The van der Waals surface area contributed by atoms with Crippen molar-refractivity contribution in [2.45, 2.75) is 7.43 Å². The summed E-state index contributed by atoms with van der Waals surface area (Å²) in [6.07, 6.45) is 9.49. The van der Waals surface area contributed by atoms with E-state index in [2.05, 4.69) is 32.5 Å². The van der Waals surface area contributed by atoms with Gasteiger partial charge in [-0.15, -0.1) is 12.8 Å². The molecule has 0 saturated carbocycles. The molecule has 2 N–H and O–H groups in total. The molecule has 14 heavy (non-hydrogen) atoms. The average molecular weight is 277 g/mol. The first-order valence-electron chi connectivity index (χ1n) is 2.70. The van der Waals surface area contributed by atoms with Crippen molar-refractivity contribution in [1.82, 2.24) is 0 Å². The first kappa shape index (κ1) is 36.6. The molecule has 0 aromatic rings. The maximum atomic E-state index is 7.00. The van der Waals surface area contributed by atoms with Crippen LogP contribution in [0.25, 0.3) is 0 Å². The van der Waals surface area contributed by atoms with Gasteiger partial charge in [0.1, 0.15) is 6.61 Å². The van der Waals surface area contributed by atoms with Gasteiger partial charge in [-0.1, -0.05) is 35.2 Å². The van der Waals surface area contributed by atoms with Crippen LogP contribution in [-0.4, -0.2) is 36.7 Å². The maximum absolute atomic E-state index is 7.00. The van der Waals surface area contributed by atoms with E-state index in [1.807, 2.05) is 0 Å². The van der Waals surface area contributed by atoms with Crippen molar-refractivity contribution in [3.05, 3.63) is 0 Å². The van der Waals surface area contributed by atoms with Crippen LogP contribution >= 0.6 is 15.9 Å². The molecule has 0 saturated heterocycles. The Morgan fingerprint density at radius 1 is 1.29 bits per heavy atom. The largest absolute Gasteiger partial charge is 1.00 e. The Balaban J connectivity index is -0.0000000166. The number of hydrogen-bond donors (Lipinski definition) is 1. The summed E-state index contributed by atoms with van der Waals surface area (Å²) in [5.41, 5.74) is 0. The monoisotopic (exact) mass is 276 g/mol. The van der Waals surface area contributed by atoms with Gasteiger partial charge < -0.3 is 15.3 Å². The van der Waals surface area contributed by atoms with E-state index >= 15 is 0 Å². The van der Waals surface area contributed by atoms with Crippen molar-refractivity contribution in [2.75, 3.05) is 26.2 Å². The first-order chi connectivity index (χ1) is 5.33. The van der Waals surface area contributed by atoms with Gasteiger partial charge in [-0.2, -0.15) is 0 Å². The first-order valence-corrected chi connectivity index (χ1v) is 3.82. The minimum atomic E-state index is 0. The van der Waals surface area contributed by atoms with Crippen LogP contribution in [-0.2, 0) is 4.74 Å². The van der Waals surface area contributed by atoms with Crippen LogP contribution in [0.3, 0.4) is 0 Å². The van der Waals surface area contributed by atoms with Crippen molar-refractivity contribution in [3.63, 3.8) is 0 Å². The fourth-order valence-electron chi connectivity index (χ4n) is 0.0833. The van der Waals surface area contributed by atoms with Gasteiger partial charge in [0.05, 0.1) is 5.33 Å². The van der Waals surface area contributed by atoms with Crippen LogP contribution in [0, 0.1) is 24.7 Å². The van der Waals surface area contributed by atoms with Gasteiger partial charge in [0.2, 0.25) is 0 Å². The molecule has 0 amide bonds. The van der Waals surface area contributed by atoms with Gasteiger partial charge in [0.15, 0.2) is 0 Å². The molecule has 0 unspecified atom stereocenters. The molecular formula is C9H18BrNaO3. The molecule has 0 atom stereocenters. The summed E-state index contributed by atoms with van der Waals surface area (Å²) in [5, 5.41) is 7.66. The molecule has 0 heterocycles. The molecular weight excluding hydrogens is 259 g/mol. The van der Waals surface area contributed by atoms with Crippen LogP contribution < -0.4 is 29.6 Å². The van der Waals surface area contributed by atoms with E-state index < -0.39 is 0 Å². The summed E-state index contributed by atoms with van der Waals surface area (Å²) < 4.78 is 4.45. The molecule has 0 aliphatic heterocycles. The molecule has 3 nitrogen and oxygen atoms in total. The Kier molecular flexibility index (Phi) is 183. The zero-order chi connectivity index (χ0) is 9.54. The summed E-state index contributed by atoms with van der Waals surface area (Å²) in [4.78, 5) is 0. The summed E-state index contributed by atoms with van der Waals surface area (Å²) in [6, 6.07) is 0. The van der Waals surface area contributed by atoms with Crippen molar-refractivity contribution in [2.24, 2.45) is 0 Å². The Morgan fingerprint density at radius 2 is 1.57 bits per heavy atom. The third-order valence-corrected chi connectivity index (χ3v) is 0.629. The van der Waals surface area contributed by atoms with Crippen LogP contribution in [0.1, 0.15) is 7.43 Å². The Morgan fingerprint density at radius 3 is 1.57 bits per heavy atom. The van der Waals surface area contributed by atoms with E-state index in [1.165, 1.54) is 0 Å². The van der Waals surface area contributed by atoms with Crippen molar-refractivity contribution in [3.8, 4) is 24.7 Å². The fraction of sp³-hybridized carbons (Fsp3) is 0.556. The van der Waals surface area contributed by atoms with Crippen LogP contribution in [0.5, 0.6) is 0 Å². The smallest absolute Gasteiger partial charge is 0.870 e. The van der Waals surface area contributed by atoms with Gasteiger partial charge in [-0.25, -0.2) is 0 Å². The summed E-state index contributed by atoms with van der Waals surface area (Å²) in [5.74, 6) is 4.64. The molecule has 0 aliphatic rings. The number of terminal acetylenes is 2. The SMILES string of the molecule is C.C#CCBr.C#CCOC.CO.[Na+].[OH-]. The van der Waals surface area contributed by atoms with Crippen molar-refractivity contribution in [1.29, 1.82) is 0 Å². The summed E-state index contributed by atoms with van der Waals surface area (Å²) in [6.45, 7) is 0.417.